The molecular formula is C16H14O10. The highest BCUT2D eigenvalue weighted by atomic mass is 17.2. The first-order chi connectivity index (χ1) is 12.3. The van der Waals surface area contributed by atoms with Crippen molar-refractivity contribution in [3.8, 4) is 0 Å². The summed E-state index contributed by atoms with van der Waals surface area (Å²) in [5, 5.41) is 17.9. The van der Waals surface area contributed by atoms with Gasteiger partial charge in [-0.15, -0.1) is 0 Å². The molecule has 2 N–H and O–H groups in total. The van der Waals surface area contributed by atoms with Gasteiger partial charge in [-0.3, -0.25) is 0 Å². The molecule has 0 radical (unpaired) electrons. The predicted molar refractivity (Wildman–Crippen MR) is 81.9 cm³/mol. The summed E-state index contributed by atoms with van der Waals surface area (Å²) < 4.78 is 0. The van der Waals surface area contributed by atoms with Gasteiger partial charge in [0, 0.05) is 6.08 Å². The monoisotopic (exact) mass is 366 g/mol. The average molecular weight is 366 g/mol. The van der Waals surface area contributed by atoms with Gasteiger partial charge in [-0.05, 0) is 12.1 Å². The smallest absolute Gasteiger partial charge is 0.387 e. The first kappa shape index (κ1) is 20.5. The number of carbonyl (C=O) groups excluding carboxylic acids is 4. The van der Waals surface area contributed by atoms with E-state index >= 15 is 0 Å². The minimum Gasteiger partial charge on any atom is -0.393 e. The third kappa shape index (κ3) is 5.54. The lowest BCUT2D eigenvalue weighted by Crippen LogP contribution is -2.24. The van der Waals surface area contributed by atoms with E-state index < -0.39 is 42.2 Å². The van der Waals surface area contributed by atoms with E-state index in [9.17, 15) is 24.3 Å². The van der Waals surface area contributed by atoms with Crippen LogP contribution in [0.3, 0.4) is 0 Å². The van der Waals surface area contributed by atoms with Crippen LogP contribution in [0.5, 0.6) is 0 Å². The third-order valence-electron chi connectivity index (χ3n) is 2.76. The molecule has 1 atom stereocenters. The molecule has 0 saturated carbocycles. The minimum atomic E-state index is -1.59. The Morgan fingerprint density at radius 3 is 1.96 bits per heavy atom. The molecule has 0 aromatic heterocycles. The molecule has 26 heavy (non-hydrogen) atoms. The van der Waals surface area contributed by atoms with E-state index in [0.717, 1.165) is 18.2 Å². The molecule has 0 heterocycles. The highest BCUT2D eigenvalue weighted by Gasteiger charge is 2.24. The number of hydrogen-bond acceptors (Lipinski definition) is 10. The summed E-state index contributed by atoms with van der Waals surface area (Å²) in [6, 6.07) is 5.07. The summed E-state index contributed by atoms with van der Waals surface area (Å²) in [6.45, 7) is 5.47. The van der Waals surface area contributed by atoms with E-state index in [0.29, 0.717) is 0 Å². The van der Waals surface area contributed by atoms with Crippen molar-refractivity contribution >= 4 is 23.9 Å². The van der Waals surface area contributed by atoms with Crippen LogP contribution in [-0.2, 0) is 29.1 Å². The molecule has 10 nitrogen and oxygen atoms in total. The molecule has 0 saturated heterocycles. The molecule has 1 aromatic rings. The average Bonchev–Trinajstić information content (AvgIpc) is 2.68. The maximum Gasteiger partial charge on any atom is 0.387 e. The Balaban J connectivity index is 2.79. The zero-order chi connectivity index (χ0) is 19.7. The van der Waals surface area contributed by atoms with Crippen molar-refractivity contribution in [2.24, 2.45) is 0 Å². The van der Waals surface area contributed by atoms with Crippen LogP contribution in [0.2, 0.25) is 0 Å². The topological polar surface area (TPSA) is 146 Å². The number of hydrogen-bond donors (Lipinski definition) is 2. The lowest BCUT2D eigenvalue weighted by molar-refractivity contribution is -0.231. The first-order valence-corrected chi connectivity index (χ1v) is 6.87. The van der Waals surface area contributed by atoms with Crippen LogP contribution >= 0.6 is 0 Å². The van der Waals surface area contributed by atoms with Gasteiger partial charge in [0.2, 0.25) is 0 Å². The fourth-order valence-corrected chi connectivity index (χ4v) is 1.42. The SMILES string of the molecule is C=CC(=O)OOC(=O)c1ccccc1C(=O)OOC(=O)C(=C)C(O)CO. The molecule has 0 bridgehead atoms. The van der Waals surface area contributed by atoms with Crippen LogP contribution < -0.4 is 0 Å². The van der Waals surface area contributed by atoms with E-state index in [-0.39, 0.29) is 11.1 Å². The molecule has 1 rings (SSSR count). The van der Waals surface area contributed by atoms with E-state index in [1.807, 2.05) is 0 Å². The maximum atomic E-state index is 12.0. The second-order valence-corrected chi connectivity index (χ2v) is 4.49. The van der Waals surface area contributed by atoms with Gasteiger partial charge in [0.1, 0.15) is 6.10 Å². The second-order valence-electron chi connectivity index (χ2n) is 4.49. The van der Waals surface area contributed by atoms with Crippen molar-refractivity contribution in [2.45, 2.75) is 6.10 Å². The molecule has 1 aromatic carbocycles. The van der Waals surface area contributed by atoms with Crippen molar-refractivity contribution in [3.63, 3.8) is 0 Å². The third-order valence-corrected chi connectivity index (χ3v) is 2.76. The molecule has 0 aliphatic rings. The summed E-state index contributed by atoms with van der Waals surface area (Å²) in [5.41, 5.74) is -1.27. The van der Waals surface area contributed by atoms with Gasteiger partial charge in [0.15, 0.2) is 0 Å². The Hall–Kier alpha value is -3.50. The Morgan fingerprint density at radius 1 is 1.00 bits per heavy atom. The molecule has 0 aliphatic carbocycles. The lowest BCUT2D eigenvalue weighted by atomic mass is 10.1. The maximum absolute atomic E-state index is 12.0. The number of benzene rings is 1. The largest absolute Gasteiger partial charge is 0.393 e. The van der Waals surface area contributed by atoms with Crippen LogP contribution in [0, 0.1) is 0 Å². The summed E-state index contributed by atoms with van der Waals surface area (Å²) in [4.78, 5) is 62.9. The Kier molecular flexibility index (Phi) is 7.67. The Morgan fingerprint density at radius 2 is 1.50 bits per heavy atom. The van der Waals surface area contributed by atoms with Gasteiger partial charge in [0.25, 0.3) is 0 Å². The minimum absolute atomic E-state index is 0.348. The zero-order valence-electron chi connectivity index (χ0n) is 13.2. The Bertz CT molecular complexity index is 736. The summed E-state index contributed by atoms with van der Waals surface area (Å²) >= 11 is 0. The van der Waals surface area contributed by atoms with E-state index in [2.05, 4.69) is 32.7 Å². The van der Waals surface area contributed by atoms with Crippen LogP contribution in [0.4, 0.5) is 0 Å². The van der Waals surface area contributed by atoms with Crippen LogP contribution in [0.15, 0.2) is 49.1 Å². The van der Waals surface area contributed by atoms with Crippen molar-refractivity contribution in [1.82, 2.24) is 0 Å². The highest BCUT2D eigenvalue weighted by Crippen LogP contribution is 2.13. The van der Waals surface area contributed by atoms with Crippen molar-refractivity contribution < 1.29 is 48.9 Å². The highest BCUT2D eigenvalue weighted by molar-refractivity contribution is 6.03. The first-order valence-electron chi connectivity index (χ1n) is 6.87. The number of aliphatic hydroxyl groups is 2. The van der Waals surface area contributed by atoms with Crippen LogP contribution in [0.25, 0.3) is 0 Å². The van der Waals surface area contributed by atoms with E-state index in [4.69, 9.17) is 5.11 Å². The van der Waals surface area contributed by atoms with Gasteiger partial charge < -0.3 is 10.2 Å². The fraction of sp³-hybridized carbons (Fsp3) is 0.125. The van der Waals surface area contributed by atoms with E-state index in [1.54, 1.807) is 0 Å². The molecule has 138 valence electrons. The van der Waals surface area contributed by atoms with Gasteiger partial charge in [-0.25, -0.2) is 38.7 Å². The van der Waals surface area contributed by atoms with Crippen molar-refractivity contribution in [3.05, 3.63) is 60.2 Å². The van der Waals surface area contributed by atoms with Gasteiger partial charge in [-0.2, -0.15) is 0 Å². The van der Waals surface area contributed by atoms with Gasteiger partial charge >= 0.3 is 23.9 Å². The summed E-state index contributed by atoms with van der Waals surface area (Å²) in [5.74, 6) is -4.79. The normalized spacial score (nSPS) is 10.8. The Labute approximate surface area is 146 Å². The van der Waals surface area contributed by atoms with Gasteiger partial charge in [-0.1, -0.05) is 25.3 Å². The lowest BCUT2D eigenvalue weighted by Gasteiger charge is -2.10. The predicted octanol–water partition coefficient (Wildman–Crippen LogP) is 0.0120. The second kappa shape index (κ2) is 9.71. The number of aliphatic hydroxyl groups excluding tert-OH is 2. The molecular weight excluding hydrogens is 352 g/mol. The number of rotatable bonds is 6. The van der Waals surface area contributed by atoms with Crippen LogP contribution in [-0.4, -0.2) is 46.8 Å². The van der Waals surface area contributed by atoms with E-state index in [1.165, 1.54) is 12.1 Å². The van der Waals surface area contributed by atoms with Crippen molar-refractivity contribution in [1.29, 1.82) is 0 Å². The molecule has 0 spiro atoms. The molecule has 0 amide bonds. The molecule has 0 aliphatic heterocycles. The van der Waals surface area contributed by atoms with Crippen LogP contribution in [0.1, 0.15) is 20.7 Å². The number of carbonyl (C=O) groups is 4. The standard InChI is InChI=1S/C16H14O10/c1-3-13(19)23-25-15(21)10-6-4-5-7-11(10)16(22)26-24-14(20)9(2)12(18)8-17/h3-7,12,17-18H,1-2,8H2. The summed E-state index contributed by atoms with van der Waals surface area (Å²) in [6.07, 6.45) is -0.844. The van der Waals surface area contributed by atoms with Gasteiger partial charge in [0.05, 0.1) is 23.3 Å². The van der Waals surface area contributed by atoms with Crippen molar-refractivity contribution in [2.75, 3.05) is 6.61 Å². The quantitative estimate of drug-likeness (QED) is 0.401. The fourth-order valence-electron chi connectivity index (χ4n) is 1.42. The molecule has 10 heteroatoms. The molecule has 1 unspecified atom stereocenters. The molecule has 0 fully saturated rings. The summed E-state index contributed by atoms with van der Waals surface area (Å²) in [7, 11) is 0. The zero-order valence-corrected chi connectivity index (χ0v) is 13.2.